The molecule has 20 heavy (non-hydrogen) atoms. The first-order chi connectivity index (χ1) is 9.53. The molecular weight excluding hydrogens is 262 g/mol. The molecule has 0 fully saturated rings. The highest BCUT2D eigenvalue weighted by Crippen LogP contribution is 2.28. The molecule has 0 aliphatic carbocycles. The van der Waals surface area contributed by atoms with Crippen LogP contribution in [0.4, 0.5) is 0 Å². The molecule has 3 N–H and O–H groups in total. The van der Waals surface area contributed by atoms with Crippen LogP contribution in [-0.4, -0.2) is 44.0 Å². The fourth-order valence-corrected chi connectivity index (χ4v) is 1.80. The Kier molecular flexibility index (Phi) is 6.27. The smallest absolute Gasteiger partial charge is 0.336 e. The van der Waals surface area contributed by atoms with Crippen molar-refractivity contribution in [2.45, 2.75) is 25.5 Å². The van der Waals surface area contributed by atoms with Gasteiger partial charge in [0.25, 0.3) is 0 Å². The summed E-state index contributed by atoms with van der Waals surface area (Å²) in [6.45, 7) is 2.38. The van der Waals surface area contributed by atoms with E-state index in [0.717, 1.165) is 5.56 Å². The topological polar surface area (TPSA) is 91.0 Å². The zero-order chi connectivity index (χ0) is 15.1. The van der Waals surface area contributed by atoms with Crippen molar-refractivity contribution in [2.24, 2.45) is 5.73 Å². The quantitative estimate of drug-likeness (QED) is 0.708. The van der Waals surface area contributed by atoms with Crippen LogP contribution in [0.1, 0.15) is 12.5 Å². The van der Waals surface area contributed by atoms with E-state index >= 15 is 0 Å². The second-order valence-corrected chi connectivity index (χ2v) is 4.25. The van der Waals surface area contributed by atoms with Crippen LogP contribution in [0.5, 0.6) is 11.5 Å². The number of methoxy groups -OCH3 is 2. The molecule has 0 saturated carbocycles. The molecule has 1 rings (SSSR count). The van der Waals surface area contributed by atoms with Crippen LogP contribution in [0.25, 0.3) is 0 Å². The summed E-state index contributed by atoms with van der Waals surface area (Å²) < 4.78 is 15.1. The number of esters is 1. The zero-order valence-corrected chi connectivity index (χ0v) is 12.0. The van der Waals surface area contributed by atoms with Gasteiger partial charge in [-0.05, 0) is 31.0 Å². The zero-order valence-electron chi connectivity index (χ0n) is 12.0. The van der Waals surface area contributed by atoms with Crippen molar-refractivity contribution in [3.8, 4) is 11.5 Å². The summed E-state index contributed by atoms with van der Waals surface area (Å²) in [5, 5.41) is 9.67. The molecule has 0 aliphatic heterocycles. The van der Waals surface area contributed by atoms with Crippen molar-refractivity contribution < 1.29 is 24.1 Å². The van der Waals surface area contributed by atoms with E-state index in [0.29, 0.717) is 24.5 Å². The second kappa shape index (κ2) is 7.72. The summed E-state index contributed by atoms with van der Waals surface area (Å²) in [5.74, 6) is 0.487. The summed E-state index contributed by atoms with van der Waals surface area (Å²) in [6, 6.07) is 4.61. The molecular formula is C14H21NO5. The number of benzene rings is 1. The van der Waals surface area contributed by atoms with Gasteiger partial charge in [0, 0.05) is 6.04 Å². The van der Waals surface area contributed by atoms with Gasteiger partial charge in [0.15, 0.2) is 17.6 Å². The Morgan fingerprint density at radius 1 is 1.35 bits per heavy atom. The molecule has 0 amide bonds. The molecule has 0 bridgehead atoms. The van der Waals surface area contributed by atoms with Gasteiger partial charge in [0.1, 0.15) is 0 Å². The van der Waals surface area contributed by atoms with E-state index in [1.165, 1.54) is 7.11 Å². The van der Waals surface area contributed by atoms with Crippen molar-refractivity contribution in [3.05, 3.63) is 23.8 Å². The Labute approximate surface area is 118 Å². The van der Waals surface area contributed by atoms with Gasteiger partial charge >= 0.3 is 5.97 Å². The number of nitrogens with two attached hydrogens (primary N) is 1. The first-order valence-corrected chi connectivity index (χ1v) is 6.34. The molecule has 0 radical (unpaired) electrons. The number of carbonyl (C=O) groups is 1. The lowest BCUT2D eigenvalue weighted by Crippen LogP contribution is -2.42. The van der Waals surface area contributed by atoms with Crippen LogP contribution < -0.4 is 15.2 Å². The predicted molar refractivity (Wildman–Crippen MR) is 73.9 cm³/mol. The molecule has 112 valence electrons. The Balaban J connectivity index is 2.82. The number of hydrogen-bond donors (Lipinski definition) is 2. The molecule has 0 aliphatic rings. The first-order valence-electron chi connectivity index (χ1n) is 6.34. The summed E-state index contributed by atoms with van der Waals surface area (Å²) in [5.41, 5.74) is 6.64. The van der Waals surface area contributed by atoms with Crippen LogP contribution in [-0.2, 0) is 16.0 Å². The molecule has 0 saturated heterocycles. The Bertz CT molecular complexity index is 449. The van der Waals surface area contributed by atoms with Gasteiger partial charge < -0.3 is 25.1 Å². The highest BCUT2D eigenvalue weighted by atomic mass is 16.5. The minimum Gasteiger partial charge on any atom is -0.493 e. The van der Waals surface area contributed by atoms with Crippen molar-refractivity contribution in [1.82, 2.24) is 0 Å². The van der Waals surface area contributed by atoms with E-state index in [1.54, 1.807) is 19.2 Å². The largest absolute Gasteiger partial charge is 0.493 e. The van der Waals surface area contributed by atoms with E-state index in [9.17, 15) is 9.90 Å². The first kappa shape index (κ1) is 16.3. The maximum absolute atomic E-state index is 11.2. The van der Waals surface area contributed by atoms with Crippen molar-refractivity contribution >= 4 is 5.97 Å². The molecule has 1 aromatic rings. The third-order valence-electron chi connectivity index (χ3n) is 2.85. The van der Waals surface area contributed by atoms with Crippen molar-refractivity contribution in [2.75, 3.05) is 20.8 Å². The van der Waals surface area contributed by atoms with Gasteiger partial charge in [0.05, 0.1) is 20.8 Å². The molecule has 0 spiro atoms. The number of carbonyl (C=O) groups excluding carboxylic acids is 1. The molecule has 2 unspecified atom stereocenters. The average molecular weight is 283 g/mol. The van der Waals surface area contributed by atoms with Gasteiger partial charge in [-0.25, -0.2) is 4.79 Å². The second-order valence-electron chi connectivity index (χ2n) is 4.25. The van der Waals surface area contributed by atoms with Crippen molar-refractivity contribution in [3.63, 3.8) is 0 Å². The van der Waals surface area contributed by atoms with E-state index < -0.39 is 18.1 Å². The van der Waals surface area contributed by atoms with E-state index in [4.69, 9.17) is 15.2 Å². The van der Waals surface area contributed by atoms with Crippen molar-refractivity contribution in [1.29, 1.82) is 0 Å². The Hall–Kier alpha value is -1.79. The molecule has 6 nitrogen and oxygen atoms in total. The summed E-state index contributed by atoms with van der Waals surface area (Å²) in [7, 11) is 2.77. The number of aliphatic hydroxyl groups is 1. The Morgan fingerprint density at radius 2 is 2.05 bits per heavy atom. The number of rotatable bonds is 7. The number of aliphatic hydroxyl groups excluding tert-OH is 1. The molecule has 0 aromatic heterocycles. The van der Waals surface area contributed by atoms with Crippen LogP contribution in [0.3, 0.4) is 0 Å². The fourth-order valence-electron chi connectivity index (χ4n) is 1.80. The van der Waals surface area contributed by atoms with Crippen LogP contribution in [0, 0.1) is 0 Å². The predicted octanol–water partition coefficient (Wildman–Crippen LogP) is 0.498. The lowest BCUT2D eigenvalue weighted by atomic mass is 10.0. The van der Waals surface area contributed by atoms with E-state index in [2.05, 4.69) is 4.74 Å². The highest BCUT2D eigenvalue weighted by Gasteiger charge is 2.24. The molecule has 6 heteroatoms. The van der Waals surface area contributed by atoms with E-state index in [1.807, 2.05) is 13.0 Å². The van der Waals surface area contributed by atoms with E-state index in [-0.39, 0.29) is 0 Å². The fraction of sp³-hybridized carbons (Fsp3) is 0.500. The molecule has 1 aromatic carbocycles. The Morgan fingerprint density at radius 3 is 2.60 bits per heavy atom. The maximum Gasteiger partial charge on any atom is 0.336 e. The summed E-state index contributed by atoms with van der Waals surface area (Å²) in [6.07, 6.45) is -1.03. The van der Waals surface area contributed by atoms with Gasteiger partial charge in [0.2, 0.25) is 0 Å². The minimum absolute atomic E-state index is 0.320. The number of ether oxygens (including phenoxy) is 3. The third-order valence-corrected chi connectivity index (χ3v) is 2.85. The normalized spacial score (nSPS) is 13.4. The SMILES string of the molecule is CCOc1cc(CC(N)C(O)C(=O)OC)ccc1OC. The monoisotopic (exact) mass is 283 g/mol. The number of hydrogen-bond acceptors (Lipinski definition) is 6. The average Bonchev–Trinajstić information content (AvgIpc) is 2.46. The standard InChI is InChI=1S/C14H21NO5/c1-4-20-12-8-9(5-6-11(12)18-2)7-10(15)13(16)14(17)19-3/h5-6,8,10,13,16H,4,7,15H2,1-3H3. The maximum atomic E-state index is 11.2. The van der Waals surface area contributed by atoms with Gasteiger partial charge in [-0.2, -0.15) is 0 Å². The molecule has 0 heterocycles. The summed E-state index contributed by atoms with van der Waals surface area (Å²) >= 11 is 0. The van der Waals surface area contributed by atoms with Gasteiger partial charge in [-0.3, -0.25) is 0 Å². The van der Waals surface area contributed by atoms with Crippen LogP contribution in [0.2, 0.25) is 0 Å². The van der Waals surface area contributed by atoms with Crippen LogP contribution in [0.15, 0.2) is 18.2 Å². The minimum atomic E-state index is -1.35. The lowest BCUT2D eigenvalue weighted by Gasteiger charge is -2.17. The third kappa shape index (κ3) is 4.11. The molecule has 2 atom stereocenters. The van der Waals surface area contributed by atoms with Gasteiger partial charge in [-0.15, -0.1) is 0 Å². The van der Waals surface area contributed by atoms with Gasteiger partial charge in [-0.1, -0.05) is 6.07 Å². The summed E-state index contributed by atoms with van der Waals surface area (Å²) in [4.78, 5) is 11.2. The lowest BCUT2D eigenvalue weighted by molar-refractivity contribution is -0.151. The highest BCUT2D eigenvalue weighted by molar-refractivity contribution is 5.75. The van der Waals surface area contributed by atoms with Crippen LogP contribution >= 0.6 is 0 Å².